The van der Waals surface area contributed by atoms with Crippen LogP contribution in [0.25, 0.3) is 11.0 Å². The van der Waals surface area contributed by atoms with Crippen LogP contribution in [0.15, 0.2) is 22.6 Å². The van der Waals surface area contributed by atoms with Crippen molar-refractivity contribution >= 4 is 18.8 Å². The van der Waals surface area contributed by atoms with Gasteiger partial charge in [-0.25, -0.2) is 0 Å². The molecule has 0 aliphatic heterocycles. The molecule has 0 amide bonds. The fourth-order valence-corrected chi connectivity index (χ4v) is 1.99. The molecule has 2 nitrogen and oxygen atoms in total. The summed E-state index contributed by atoms with van der Waals surface area (Å²) < 4.78 is 5.84. The largest absolute Gasteiger partial charge is 0.461 e. The van der Waals surface area contributed by atoms with Crippen molar-refractivity contribution in [2.24, 2.45) is 0 Å². The van der Waals surface area contributed by atoms with E-state index in [4.69, 9.17) is 12.3 Å². The Kier molecular flexibility index (Phi) is 3.29. The van der Waals surface area contributed by atoms with Gasteiger partial charge in [-0.05, 0) is 51.4 Å². The van der Waals surface area contributed by atoms with E-state index in [-0.39, 0.29) is 5.94 Å². The predicted octanol–water partition coefficient (Wildman–Crippen LogP) is 2.65. The van der Waals surface area contributed by atoms with E-state index < -0.39 is 0 Å². The van der Waals surface area contributed by atoms with Crippen molar-refractivity contribution in [3.8, 4) is 0 Å². The number of benzene rings is 1. The number of likely N-dealkylation sites (N-methyl/N-ethyl adjacent to an activating group) is 1. The fraction of sp³-hybridized carbons (Fsp3) is 0.429. The topological polar surface area (TPSA) is 16.4 Å². The van der Waals surface area contributed by atoms with E-state index in [0.29, 0.717) is 0 Å². The van der Waals surface area contributed by atoms with Crippen molar-refractivity contribution in [3.63, 3.8) is 0 Å². The molecule has 2 aromatic rings. The third-order valence-electron chi connectivity index (χ3n) is 3.38. The highest BCUT2D eigenvalue weighted by molar-refractivity contribution is 6.12. The second-order valence-electron chi connectivity index (χ2n) is 4.81. The van der Waals surface area contributed by atoms with Crippen molar-refractivity contribution in [3.05, 3.63) is 35.1 Å². The number of hydrogen-bond acceptors (Lipinski definition) is 2. The Hall–Kier alpha value is -1.22. The van der Waals surface area contributed by atoms with Crippen LogP contribution in [0.4, 0.5) is 0 Å². The highest BCUT2D eigenvalue weighted by Crippen LogP contribution is 2.28. The standard InChI is InChI=1S/C14H18BNO/c1-9-10(2)17-14-11(6-5-7-12(9)14)8-13(15)16(3)4/h5-7,13H,8H2,1-4H3. The Morgan fingerprint density at radius 3 is 2.65 bits per heavy atom. The number of hydrogen-bond donors (Lipinski definition) is 0. The summed E-state index contributed by atoms with van der Waals surface area (Å²) in [4.78, 5) is 2.02. The highest BCUT2D eigenvalue weighted by atomic mass is 16.3. The van der Waals surface area contributed by atoms with E-state index in [2.05, 4.69) is 25.1 Å². The molecule has 1 aromatic heterocycles. The maximum absolute atomic E-state index is 6.07. The van der Waals surface area contributed by atoms with Gasteiger partial charge in [-0.3, -0.25) is 0 Å². The molecule has 0 saturated heterocycles. The van der Waals surface area contributed by atoms with Gasteiger partial charge in [0.1, 0.15) is 11.3 Å². The van der Waals surface area contributed by atoms with Crippen LogP contribution in [0.3, 0.4) is 0 Å². The summed E-state index contributed by atoms with van der Waals surface area (Å²) in [6.45, 7) is 4.10. The quantitative estimate of drug-likeness (QED) is 0.749. The summed E-state index contributed by atoms with van der Waals surface area (Å²) in [5.74, 6) is 1.01. The highest BCUT2D eigenvalue weighted by Gasteiger charge is 2.13. The minimum Gasteiger partial charge on any atom is -0.461 e. The SMILES string of the molecule is [B]C(Cc1cccc2c(C)c(C)oc12)N(C)C. The molecule has 0 aliphatic carbocycles. The molecule has 88 valence electrons. The number of furan rings is 1. The Balaban J connectivity index is 2.44. The second-order valence-corrected chi connectivity index (χ2v) is 4.81. The number of nitrogens with zero attached hydrogens (tertiary/aromatic N) is 1. The first-order valence-electron chi connectivity index (χ1n) is 5.90. The molecule has 3 heteroatoms. The molecule has 1 unspecified atom stereocenters. The number of fused-ring (bicyclic) bond motifs is 1. The average Bonchev–Trinajstić information content (AvgIpc) is 2.57. The van der Waals surface area contributed by atoms with Gasteiger partial charge in [0.05, 0.1) is 7.85 Å². The number of para-hydroxylation sites is 1. The summed E-state index contributed by atoms with van der Waals surface area (Å²) in [6, 6.07) is 6.27. The molecule has 0 saturated carbocycles. The van der Waals surface area contributed by atoms with Gasteiger partial charge in [-0.1, -0.05) is 18.2 Å². The monoisotopic (exact) mass is 227 g/mol. The lowest BCUT2D eigenvalue weighted by Crippen LogP contribution is -2.30. The summed E-state index contributed by atoms with van der Waals surface area (Å²) >= 11 is 0. The predicted molar refractivity (Wildman–Crippen MR) is 72.6 cm³/mol. The van der Waals surface area contributed by atoms with Crippen LogP contribution in [-0.4, -0.2) is 32.8 Å². The maximum atomic E-state index is 6.07. The Morgan fingerprint density at radius 2 is 2.00 bits per heavy atom. The molecular formula is C14H18BNO. The molecule has 17 heavy (non-hydrogen) atoms. The van der Waals surface area contributed by atoms with Crippen LogP contribution in [0, 0.1) is 13.8 Å². The van der Waals surface area contributed by atoms with E-state index in [1.165, 1.54) is 16.5 Å². The van der Waals surface area contributed by atoms with Gasteiger partial charge >= 0.3 is 0 Å². The molecular weight excluding hydrogens is 209 g/mol. The van der Waals surface area contributed by atoms with Crippen LogP contribution in [0.1, 0.15) is 16.9 Å². The Bertz CT molecular complexity index is 530. The second kappa shape index (κ2) is 4.57. The average molecular weight is 227 g/mol. The van der Waals surface area contributed by atoms with Gasteiger partial charge in [-0.15, -0.1) is 0 Å². The van der Waals surface area contributed by atoms with Crippen molar-refractivity contribution in [2.45, 2.75) is 26.2 Å². The van der Waals surface area contributed by atoms with Crippen LogP contribution in [-0.2, 0) is 6.42 Å². The van der Waals surface area contributed by atoms with Crippen LogP contribution >= 0.6 is 0 Å². The van der Waals surface area contributed by atoms with E-state index in [1.807, 2.05) is 25.9 Å². The first-order valence-corrected chi connectivity index (χ1v) is 5.90. The third kappa shape index (κ3) is 2.25. The zero-order valence-corrected chi connectivity index (χ0v) is 10.9. The molecule has 0 fully saturated rings. The molecule has 0 N–H and O–H groups in total. The number of rotatable bonds is 3. The summed E-state index contributed by atoms with van der Waals surface area (Å²) in [7, 11) is 10.0. The van der Waals surface area contributed by atoms with E-state index >= 15 is 0 Å². The molecule has 0 bridgehead atoms. The van der Waals surface area contributed by atoms with E-state index in [1.54, 1.807) is 0 Å². The molecule has 1 heterocycles. The van der Waals surface area contributed by atoms with Crippen molar-refractivity contribution in [1.82, 2.24) is 4.90 Å². The molecule has 0 spiro atoms. The van der Waals surface area contributed by atoms with Crippen molar-refractivity contribution < 1.29 is 4.42 Å². The smallest absolute Gasteiger partial charge is 0.137 e. The van der Waals surface area contributed by atoms with Gasteiger partial charge in [0.15, 0.2) is 0 Å². The minimum absolute atomic E-state index is 0.0197. The lowest BCUT2D eigenvalue weighted by molar-refractivity contribution is 0.373. The van der Waals surface area contributed by atoms with Gasteiger partial charge in [0.25, 0.3) is 0 Å². The van der Waals surface area contributed by atoms with Crippen LogP contribution < -0.4 is 0 Å². The molecule has 2 radical (unpaired) electrons. The Morgan fingerprint density at radius 1 is 1.29 bits per heavy atom. The fourth-order valence-electron chi connectivity index (χ4n) is 1.99. The molecule has 2 rings (SSSR count). The van der Waals surface area contributed by atoms with Gasteiger partial charge in [0.2, 0.25) is 0 Å². The zero-order valence-electron chi connectivity index (χ0n) is 10.9. The lowest BCUT2D eigenvalue weighted by Gasteiger charge is -2.20. The molecule has 1 atom stereocenters. The van der Waals surface area contributed by atoms with Gasteiger partial charge in [0, 0.05) is 5.39 Å². The van der Waals surface area contributed by atoms with Gasteiger partial charge in [-0.2, -0.15) is 0 Å². The lowest BCUT2D eigenvalue weighted by atomic mass is 9.88. The molecule has 1 aromatic carbocycles. The van der Waals surface area contributed by atoms with Gasteiger partial charge < -0.3 is 9.32 Å². The van der Waals surface area contributed by atoms with E-state index in [0.717, 1.165) is 17.8 Å². The number of aryl methyl sites for hydroxylation is 2. The van der Waals surface area contributed by atoms with Crippen LogP contribution in [0.5, 0.6) is 0 Å². The Labute approximate surface area is 104 Å². The first kappa shape index (κ1) is 12.2. The van der Waals surface area contributed by atoms with Crippen molar-refractivity contribution in [1.29, 1.82) is 0 Å². The van der Waals surface area contributed by atoms with Crippen LogP contribution in [0.2, 0.25) is 0 Å². The van der Waals surface area contributed by atoms with E-state index in [9.17, 15) is 0 Å². The zero-order chi connectivity index (χ0) is 12.6. The first-order chi connectivity index (χ1) is 8.00. The maximum Gasteiger partial charge on any atom is 0.137 e. The third-order valence-corrected chi connectivity index (χ3v) is 3.38. The summed E-state index contributed by atoms with van der Waals surface area (Å²) in [5, 5.41) is 1.20. The summed E-state index contributed by atoms with van der Waals surface area (Å²) in [5.41, 5.74) is 3.39. The molecule has 0 aliphatic rings. The minimum atomic E-state index is 0.0197. The summed E-state index contributed by atoms with van der Waals surface area (Å²) in [6.07, 6.45) is 0.802. The normalized spacial score (nSPS) is 13.5. The van der Waals surface area contributed by atoms with Crippen molar-refractivity contribution in [2.75, 3.05) is 14.1 Å².